The first kappa shape index (κ1) is 11.5. The summed E-state index contributed by atoms with van der Waals surface area (Å²) >= 11 is 1.19. The molecule has 1 nitrogen and oxygen atoms in total. The van der Waals surface area contributed by atoms with Crippen LogP contribution in [0.1, 0.15) is 11.1 Å². The Balaban J connectivity index is 2.37. The van der Waals surface area contributed by atoms with E-state index >= 15 is 0 Å². The van der Waals surface area contributed by atoms with Crippen LogP contribution in [0.4, 0.5) is 0 Å². The van der Waals surface area contributed by atoms with Gasteiger partial charge in [0.25, 0.3) is 0 Å². The Labute approximate surface area is 105 Å². The lowest BCUT2D eigenvalue weighted by atomic mass is 10.1. The quantitative estimate of drug-likeness (QED) is 0.583. The third-order valence-corrected chi connectivity index (χ3v) is 2.98. The van der Waals surface area contributed by atoms with Crippen LogP contribution in [0.2, 0.25) is 0 Å². The summed E-state index contributed by atoms with van der Waals surface area (Å²) in [5.74, 6) is 0. The summed E-state index contributed by atoms with van der Waals surface area (Å²) in [5.41, 5.74) is 2.18. The number of hydrogen-bond acceptors (Lipinski definition) is 2. The Bertz CT molecular complexity index is 538. The first-order chi connectivity index (χ1) is 8.40. The summed E-state index contributed by atoms with van der Waals surface area (Å²) in [6, 6.07) is 20.0. The van der Waals surface area contributed by atoms with Crippen LogP contribution in [-0.4, -0.2) is 0 Å². The molecule has 0 heterocycles. The SMILES string of the molecule is N#CSC(=Cc1ccccc1)c1ccccc1. The maximum atomic E-state index is 8.85. The van der Waals surface area contributed by atoms with Gasteiger partial charge in [-0.2, -0.15) is 5.26 Å². The van der Waals surface area contributed by atoms with Gasteiger partial charge in [0.15, 0.2) is 0 Å². The molecule has 0 spiro atoms. The minimum absolute atomic E-state index is 0.972. The number of nitriles is 1. The molecule has 2 aromatic carbocycles. The van der Waals surface area contributed by atoms with Gasteiger partial charge in [0.1, 0.15) is 5.40 Å². The maximum Gasteiger partial charge on any atom is 0.138 e. The van der Waals surface area contributed by atoms with Gasteiger partial charge in [0.05, 0.1) is 0 Å². The van der Waals surface area contributed by atoms with Crippen LogP contribution in [0.5, 0.6) is 0 Å². The fraction of sp³-hybridized carbons (Fsp3) is 0. The number of hydrogen-bond donors (Lipinski definition) is 0. The van der Waals surface area contributed by atoms with E-state index in [2.05, 4.69) is 5.40 Å². The number of thioether (sulfide) groups is 1. The molecule has 0 bridgehead atoms. The smallest absolute Gasteiger partial charge is 0.138 e. The van der Waals surface area contributed by atoms with Crippen molar-refractivity contribution >= 4 is 22.7 Å². The second-order valence-electron chi connectivity index (χ2n) is 3.48. The van der Waals surface area contributed by atoms with E-state index in [4.69, 9.17) is 5.26 Å². The fourth-order valence-corrected chi connectivity index (χ4v) is 2.07. The molecular formula is C15H11NS. The predicted octanol–water partition coefficient (Wildman–Crippen LogP) is 4.40. The van der Waals surface area contributed by atoms with Gasteiger partial charge in [0, 0.05) is 4.91 Å². The van der Waals surface area contributed by atoms with E-state index < -0.39 is 0 Å². The zero-order valence-electron chi connectivity index (χ0n) is 9.21. The second kappa shape index (κ2) is 5.93. The summed E-state index contributed by atoms with van der Waals surface area (Å²) < 4.78 is 0. The van der Waals surface area contributed by atoms with Crippen molar-refractivity contribution in [1.82, 2.24) is 0 Å². The van der Waals surface area contributed by atoms with E-state index in [1.54, 1.807) is 0 Å². The van der Waals surface area contributed by atoms with Gasteiger partial charge in [-0.25, -0.2) is 0 Å². The normalized spacial score (nSPS) is 10.9. The van der Waals surface area contributed by atoms with Crippen molar-refractivity contribution in [2.24, 2.45) is 0 Å². The number of nitrogens with zero attached hydrogens (tertiary/aromatic N) is 1. The van der Waals surface area contributed by atoms with Crippen LogP contribution in [0, 0.1) is 10.7 Å². The van der Waals surface area contributed by atoms with Gasteiger partial charge in [-0.05, 0) is 29.0 Å². The zero-order chi connectivity index (χ0) is 11.9. The summed E-state index contributed by atoms with van der Waals surface area (Å²) in [4.78, 5) is 0.972. The highest BCUT2D eigenvalue weighted by Gasteiger charge is 2.01. The highest BCUT2D eigenvalue weighted by molar-refractivity contribution is 8.12. The second-order valence-corrected chi connectivity index (χ2v) is 4.31. The first-order valence-electron chi connectivity index (χ1n) is 5.28. The van der Waals surface area contributed by atoms with Crippen molar-refractivity contribution in [2.45, 2.75) is 0 Å². The van der Waals surface area contributed by atoms with Gasteiger partial charge >= 0.3 is 0 Å². The molecule has 0 amide bonds. The standard InChI is InChI=1S/C15H11NS/c16-12-17-15(14-9-5-2-6-10-14)11-13-7-3-1-4-8-13/h1-11H. The monoisotopic (exact) mass is 237 g/mol. The maximum absolute atomic E-state index is 8.85. The number of rotatable bonds is 3. The molecule has 2 aromatic rings. The molecule has 0 aliphatic rings. The summed E-state index contributed by atoms with van der Waals surface area (Å²) in [6.45, 7) is 0. The molecule has 0 aromatic heterocycles. The lowest BCUT2D eigenvalue weighted by Crippen LogP contribution is -1.79. The molecule has 0 radical (unpaired) electrons. The Morgan fingerprint density at radius 3 is 2.12 bits per heavy atom. The number of thiocyanates is 1. The van der Waals surface area contributed by atoms with E-state index in [9.17, 15) is 0 Å². The zero-order valence-corrected chi connectivity index (χ0v) is 10.0. The topological polar surface area (TPSA) is 23.8 Å². The molecule has 82 valence electrons. The first-order valence-corrected chi connectivity index (χ1v) is 6.10. The van der Waals surface area contributed by atoms with Crippen molar-refractivity contribution in [3.63, 3.8) is 0 Å². The highest BCUT2D eigenvalue weighted by Crippen LogP contribution is 2.28. The predicted molar refractivity (Wildman–Crippen MR) is 74.0 cm³/mol. The van der Waals surface area contributed by atoms with Crippen LogP contribution in [0.15, 0.2) is 60.7 Å². The molecule has 0 aliphatic carbocycles. The Kier molecular flexibility index (Phi) is 4.01. The lowest BCUT2D eigenvalue weighted by molar-refractivity contribution is 1.57. The summed E-state index contributed by atoms with van der Waals surface area (Å²) in [6.07, 6.45) is 2.03. The Hall–Kier alpha value is -1.98. The molecule has 17 heavy (non-hydrogen) atoms. The van der Waals surface area contributed by atoms with E-state index in [1.807, 2.05) is 66.7 Å². The van der Waals surface area contributed by atoms with Crippen molar-refractivity contribution < 1.29 is 0 Å². The fourth-order valence-electron chi connectivity index (χ4n) is 1.52. The van der Waals surface area contributed by atoms with Crippen molar-refractivity contribution in [3.8, 4) is 5.40 Å². The number of benzene rings is 2. The van der Waals surface area contributed by atoms with Gasteiger partial charge in [-0.3, -0.25) is 0 Å². The average molecular weight is 237 g/mol. The molecule has 2 rings (SSSR count). The van der Waals surface area contributed by atoms with Crippen LogP contribution >= 0.6 is 11.8 Å². The van der Waals surface area contributed by atoms with E-state index in [0.29, 0.717) is 0 Å². The molecule has 0 saturated carbocycles. The molecule has 0 atom stereocenters. The Morgan fingerprint density at radius 2 is 1.53 bits per heavy atom. The third-order valence-electron chi connectivity index (χ3n) is 2.31. The molecule has 0 N–H and O–H groups in total. The largest absolute Gasteiger partial charge is 0.185 e. The molecule has 2 heteroatoms. The third kappa shape index (κ3) is 3.24. The van der Waals surface area contributed by atoms with Gasteiger partial charge < -0.3 is 0 Å². The van der Waals surface area contributed by atoms with E-state index in [1.165, 1.54) is 11.8 Å². The molecular weight excluding hydrogens is 226 g/mol. The van der Waals surface area contributed by atoms with Gasteiger partial charge in [-0.1, -0.05) is 60.7 Å². The molecule has 0 saturated heterocycles. The van der Waals surface area contributed by atoms with Gasteiger partial charge in [0.2, 0.25) is 0 Å². The average Bonchev–Trinajstić information content (AvgIpc) is 2.40. The van der Waals surface area contributed by atoms with Crippen molar-refractivity contribution in [2.75, 3.05) is 0 Å². The summed E-state index contributed by atoms with van der Waals surface area (Å²) in [7, 11) is 0. The van der Waals surface area contributed by atoms with E-state index in [-0.39, 0.29) is 0 Å². The van der Waals surface area contributed by atoms with Crippen molar-refractivity contribution in [1.29, 1.82) is 5.26 Å². The van der Waals surface area contributed by atoms with Crippen LogP contribution in [-0.2, 0) is 0 Å². The van der Waals surface area contributed by atoms with Gasteiger partial charge in [-0.15, -0.1) is 0 Å². The van der Waals surface area contributed by atoms with E-state index in [0.717, 1.165) is 16.0 Å². The minimum Gasteiger partial charge on any atom is -0.185 e. The molecule has 0 aliphatic heterocycles. The lowest BCUT2D eigenvalue weighted by Gasteiger charge is -2.02. The van der Waals surface area contributed by atoms with Crippen LogP contribution in [0.25, 0.3) is 11.0 Å². The van der Waals surface area contributed by atoms with Crippen LogP contribution < -0.4 is 0 Å². The molecule has 0 fully saturated rings. The summed E-state index contributed by atoms with van der Waals surface area (Å²) in [5, 5.41) is 11.0. The van der Waals surface area contributed by atoms with Crippen molar-refractivity contribution in [3.05, 3.63) is 71.8 Å². The minimum atomic E-state index is 0.972. The molecule has 0 unspecified atom stereocenters. The van der Waals surface area contributed by atoms with Crippen LogP contribution in [0.3, 0.4) is 0 Å². The highest BCUT2D eigenvalue weighted by atomic mass is 32.2. The Morgan fingerprint density at radius 1 is 0.941 bits per heavy atom.